The third kappa shape index (κ3) is 2.54. The van der Waals surface area contributed by atoms with Crippen molar-refractivity contribution >= 4 is 0 Å². The van der Waals surface area contributed by atoms with Crippen molar-refractivity contribution in [2.45, 2.75) is 32.4 Å². The maximum absolute atomic E-state index is 5.35. The molecule has 2 heterocycles. The lowest BCUT2D eigenvalue weighted by Gasteiger charge is -2.11. The third-order valence-electron chi connectivity index (χ3n) is 2.61. The Bertz CT molecular complexity index is 293. The monoisotopic (exact) mass is 210 g/mol. The van der Waals surface area contributed by atoms with Crippen LogP contribution >= 0.6 is 0 Å². The zero-order chi connectivity index (χ0) is 10.5. The molecule has 84 valence electrons. The largest absolute Gasteiger partial charge is 0.379 e. The predicted molar refractivity (Wildman–Crippen MR) is 56.5 cm³/mol. The summed E-state index contributed by atoms with van der Waals surface area (Å²) in [5, 5.41) is 7.60. The molecule has 0 spiro atoms. The summed E-state index contributed by atoms with van der Waals surface area (Å²) in [7, 11) is 0. The maximum atomic E-state index is 5.35. The molecule has 1 aliphatic rings. The van der Waals surface area contributed by atoms with Crippen molar-refractivity contribution in [3.63, 3.8) is 0 Å². The second-order valence-electron chi connectivity index (χ2n) is 3.82. The van der Waals surface area contributed by atoms with Gasteiger partial charge < -0.3 is 10.1 Å². The van der Waals surface area contributed by atoms with Gasteiger partial charge in [-0.3, -0.25) is 0 Å². The van der Waals surface area contributed by atoms with Gasteiger partial charge in [-0.1, -0.05) is 6.92 Å². The van der Waals surface area contributed by atoms with Gasteiger partial charge in [0.05, 0.1) is 19.2 Å². The van der Waals surface area contributed by atoms with Crippen LogP contribution < -0.4 is 5.32 Å². The van der Waals surface area contributed by atoms with E-state index in [1.807, 2.05) is 4.68 Å². The summed E-state index contributed by atoms with van der Waals surface area (Å²) in [5.74, 6) is 1.01. The molecule has 5 nitrogen and oxygen atoms in total. The maximum Gasteiger partial charge on any atom is 0.141 e. The molecule has 15 heavy (non-hydrogen) atoms. The molecule has 0 amide bonds. The van der Waals surface area contributed by atoms with E-state index >= 15 is 0 Å². The Morgan fingerprint density at radius 2 is 2.60 bits per heavy atom. The van der Waals surface area contributed by atoms with Crippen LogP contribution in [-0.2, 0) is 11.3 Å². The molecule has 2 rings (SSSR count). The van der Waals surface area contributed by atoms with Gasteiger partial charge in [0.25, 0.3) is 0 Å². The molecule has 0 saturated carbocycles. The first kappa shape index (κ1) is 10.6. The average Bonchev–Trinajstić information content (AvgIpc) is 2.87. The van der Waals surface area contributed by atoms with Gasteiger partial charge in [-0.05, 0) is 19.4 Å². The first-order valence-corrected chi connectivity index (χ1v) is 5.58. The molecule has 0 bridgehead atoms. The highest BCUT2D eigenvalue weighted by Gasteiger charge is 2.20. The van der Waals surface area contributed by atoms with Gasteiger partial charge in [0.15, 0.2) is 0 Å². The minimum absolute atomic E-state index is 0.380. The zero-order valence-electron chi connectivity index (χ0n) is 9.15. The summed E-state index contributed by atoms with van der Waals surface area (Å²) in [6.45, 7) is 5.58. The molecule has 1 unspecified atom stereocenters. The minimum Gasteiger partial charge on any atom is -0.379 e. The lowest BCUT2D eigenvalue weighted by Crippen LogP contribution is -2.21. The van der Waals surface area contributed by atoms with Crippen molar-refractivity contribution in [1.29, 1.82) is 0 Å². The summed E-state index contributed by atoms with van der Waals surface area (Å²) in [4.78, 5) is 4.27. The summed E-state index contributed by atoms with van der Waals surface area (Å²) in [6.07, 6.45) is 3.81. The van der Waals surface area contributed by atoms with Crippen LogP contribution in [0.3, 0.4) is 0 Å². The number of rotatable bonds is 5. The molecule has 1 aromatic heterocycles. The van der Waals surface area contributed by atoms with Crippen LogP contribution in [0, 0.1) is 0 Å². The van der Waals surface area contributed by atoms with Crippen molar-refractivity contribution in [3.05, 3.63) is 12.2 Å². The van der Waals surface area contributed by atoms with E-state index in [4.69, 9.17) is 4.74 Å². The number of aromatic nitrogens is 3. The molecule has 5 heteroatoms. The van der Waals surface area contributed by atoms with Crippen molar-refractivity contribution in [3.8, 4) is 0 Å². The Labute approximate surface area is 89.8 Å². The van der Waals surface area contributed by atoms with Crippen molar-refractivity contribution in [2.24, 2.45) is 0 Å². The van der Waals surface area contributed by atoms with E-state index in [1.165, 1.54) is 0 Å². The molecule has 1 aliphatic heterocycles. The molecule has 1 aromatic rings. The highest BCUT2D eigenvalue weighted by molar-refractivity contribution is 4.88. The van der Waals surface area contributed by atoms with Gasteiger partial charge in [-0.15, -0.1) is 0 Å². The fourth-order valence-corrected chi connectivity index (χ4v) is 1.80. The molecule has 1 fully saturated rings. The van der Waals surface area contributed by atoms with Crippen LogP contribution in [0.4, 0.5) is 0 Å². The van der Waals surface area contributed by atoms with E-state index in [9.17, 15) is 0 Å². The first-order valence-electron chi connectivity index (χ1n) is 5.58. The molecule has 0 radical (unpaired) electrons. The highest BCUT2D eigenvalue weighted by atomic mass is 16.5. The topological polar surface area (TPSA) is 52.0 Å². The number of hydrogen-bond donors (Lipinski definition) is 1. The number of ether oxygens (including phenoxy) is 1. The molecule has 0 aliphatic carbocycles. The quantitative estimate of drug-likeness (QED) is 0.728. The molecular weight excluding hydrogens is 192 g/mol. The summed E-state index contributed by atoms with van der Waals surface area (Å²) < 4.78 is 7.35. The number of nitrogens with one attached hydrogen (secondary N) is 1. The molecular formula is C10H18N4O. The van der Waals surface area contributed by atoms with Crippen molar-refractivity contribution in [2.75, 3.05) is 19.8 Å². The van der Waals surface area contributed by atoms with Gasteiger partial charge in [0.1, 0.15) is 12.2 Å². The minimum atomic E-state index is 0.380. The van der Waals surface area contributed by atoms with E-state index in [0.717, 1.165) is 45.0 Å². The Balaban J connectivity index is 1.95. The lowest BCUT2D eigenvalue weighted by atomic mass is 10.2. The summed E-state index contributed by atoms with van der Waals surface area (Å²) in [6, 6.07) is 0.380. The Kier molecular flexibility index (Phi) is 3.69. The normalized spacial score (nSPS) is 21.0. The van der Waals surface area contributed by atoms with Gasteiger partial charge in [-0.25, -0.2) is 9.67 Å². The molecule has 0 aromatic carbocycles. The Morgan fingerprint density at radius 1 is 1.67 bits per heavy atom. The number of hydrogen-bond acceptors (Lipinski definition) is 4. The van der Waals surface area contributed by atoms with E-state index < -0.39 is 0 Å². The predicted octanol–water partition coefficient (Wildman–Crippen LogP) is 0.739. The van der Waals surface area contributed by atoms with Gasteiger partial charge in [-0.2, -0.15) is 5.10 Å². The van der Waals surface area contributed by atoms with Gasteiger partial charge >= 0.3 is 0 Å². The van der Waals surface area contributed by atoms with Crippen molar-refractivity contribution in [1.82, 2.24) is 20.1 Å². The average molecular weight is 210 g/mol. The molecule has 1 N–H and O–H groups in total. The standard InChI is InChI=1S/C10H18N4O/c1-2-4-11-6-10-12-8-13-14(10)9-3-5-15-7-9/h8-9,11H,2-7H2,1H3. The van der Waals surface area contributed by atoms with Crippen molar-refractivity contribution < 1.29 is 4.74 Å². The second-order valence-corrected chi connectivity index (χ2v) is 3.82. The second kappa shape index (κ2) is 5.23. The summed E-state index contributed by atoms with van der Waals surface area (Å²) in [5.41, 5.74) is 0. The fourth-order valence-electron chi connectivity index (χ4n) is 1.80. The van der Waals surface area contributed by atoms with Crippen LogP contribution in [0.5, 0.6) is 0 Å². The third-order valence-corrected chi connectivity index (χ3v) is 2.61. The van der Waals surface area contributed by atoms with Gasteiger partial charge in [0, 0.05) is 6.61 Å². The van der Waals surface area contributed by atoms with E-state index in [2.05, 4.69) is 22.3 Å². The zero-order valence-corrected chi connectivity index (χ0v) is 9.15. The summed E-state index contributed by atoms with van der Waals surface area (Å²) >= 11 is 0. The number of nitrogens with zero attached hydrogens (tertiary/aromatic N) is 3. The highest BCUT2D eigenvalue weighted by Crippen LogP contribution is 2.18. The van der Waals surface area contributed by atoms with Gasteiger partial charge in [0.2, 0.25) is 0 Å². The van der Waals surface area contributed by atoms with E-state index in [0.29, 0.717) is 6.04 Å². The Morgan fingerprint density at radius 3 is 3.33 bits per heavy atom. The van der Waals surface area contributed by atoms with Crippen LogP contribution in [0.15, 0.2) is 6.33 Å². The van der Waals surface area contributed by atoms with E-state index in [-0.39, 0.29) is 0 Å². The SMILES string of the molecule is CCCNCc1ncnn1C1CCOC1. The van der Waals surface area contributed by atoms with Crippen LogP contribution in [0.2, 0.25) is 0 Å². The van der Waals surface area contributed by atoms with E-state index in [1.54, 1.807) is 6.33 Å². The van der Waals surface area contributed by atoms with Crippen LogP contribution in [0.25, 0.3) is 0 Å². The van der Waals surface area contributed by atoms with Crippen LogP contribution in [0.1, 0.15) is 31.6 Å². The van der Waals surface area contributed by atoms with Crippen LogP contribution in [-0.4, -0.2) is 34.5 Å². The first-order chi connectivity index (χ1) is 7.42. The Hall–Kier alpha value is -0.940. The molecule has 1 saturated heterocycles. The smallest absolute Gasteiger partial charge is 0.141 e. The fraction of sp³-hybridized carbons (Fsp3) is 0.800. The lowest BCUT2D eigenvalue weighted by molar-refractivity contribution is 0.183. The molecule has 1 atom stereocenters.